The monoisotopic (exact) mass is 412 g/mol. The summed E-state index contributed by atoms with van der Waals surface area (Å²) in [5, 5.41) is 17.8. The highest BCUT2D eigenvalue weighted by molar-refractivity contribution is 5.77. The van der Waals surface area contributed by atoms with E-state index in [1.807, 2.05) is 6.07 Å². The molecule has 0 aliphatic carbocycles. The first-order chi connectivity index (χ1) is 14.4. The largest absolute Gasteiger partial charge is 0.484 e. The van der Waals surface area contributed by atoms with Gasteiger partial charge in [0.05, 0.1) is 10.6 Å². The highest BCUT2D eigenvalue weighted by Crippen LogP contribution is 2.19. The average Bonchev–Trinajstić information content (AvgIpc) is 3.21. The second-order valence-electron chi connectivity index (χ2n) is 6.74. The van der Waals surface area contributed by atoms with E-state index in [2.05, 4.69) is 10.2 Å². The lowest BCUT2D eigenvalue weighted by Gasteiger charge is -2.17. The van der Waals surface area contributed by atoms with E-state index in [1.54, 1.807) is 24.1 Å². The molecule has 0 aliphatic rings. The number of amides is 1. The van der Waals surface area contributed by atoms with Gasteiger partial charge < -0.3 is 9.64 Å². The number of rotatable bonds is 9. The van der Waals surface area contributed by atoms with Crippen molar-refractivity contribution in [1.82, 2.24) is 15.1 Å². The molecule has 1 aromatic heterocycles. The normalized spacial score (nSPS) is 10.6. The molecule has 0 bridgehead atoms. The Morgan fingerprint density at radius 3 is 2.57 bits per heavy atom. The fraction of sp³-hybridized carbons (Fsp3) is 0.238. The Kier molecular flexibility index (Phi) is 6.74. The lowest BCUT2D eigenvalue weighted by Crippen LogP contribution is -2.32. The number of H-pyrrole nitrogens is 1. The highest BCUT2D eigenvalue weighted by Gasteiger charge is 2.11. The maximum absolute atomic E-state index is 13.0. The van der Waals surface area contributed by atoms with Gasteiger partial charge in [0.15, 0.2) is 6.61 Å². The molecular weight excluding hydrogens is 391 g/mol. The minimum Gasteiger partial charge on any atom is -0.484 e. The van der Waals surface area contributed by atoms with E-state index >= 15 is 0 Å². The van der Waals surface area contributed by atoms with Crippen LogP contribution in [0.15, 0.2) is 54.6 Å². The van der Waals surface area contributed by atoms with Crippen LogP contribution in [0.1, 0.15) is 12.1 Å². The molecule has 3 rings (SSSR count). The smallest absolute Gasteiger partial charge is 0.269 e. The number of ether oxygens (including phenoxy) is 1. The van der Waals surface area contributed by atoms with Gasteiger partial charge in [0.2, 0.25) is 0 Å². The molecule has 0 atom stereocenters. The number of aromatic nitrogens is 2. The van der Waals surface area contributed by atoms with Gasteiger partial charge in [0.1, 0.15) is 11.6 Å². The quantitative estimate of drug-likeness (QED) is 0.427. The summed E-state index contributed by atoms with van der Waals surface area (Å²) in [6.45, 7) is 0.389. The number of benzene rings is 2. The number of nitro benzene ring substituents is 1. The molecule has 30 heavy (non-hydrogen) atoms. The minimum absolute atomic E-state index is 0.0350. The predicted octanol–water partition coefficient (Wildman–Crippen LogP) is 3.59. The van der Waals surface area contributed by atoms with Crippen LogP contribution in [0.25, 0.3) is 11.3 Å². The minimum atomic E-state index is -0.495. The third kappa shape index (κ3) is 5.63. The average molecular weight is 412 g/mol. The van der Waals surface area contributed by atoms with Gasteiger partial charge in [-0.15, -0.1) is 0 Å². The topological polar surface area (TPSA) is 101 Å². The van der Waals surface area contributed by atoms with Crippen molar-refractivity contribution >= 4 is 11.6 Å². The Hall–Kier alpha value is -3.75. The second-order valence-corrected chi connectivity index (χ2v) is 6.74. The standard InChI is InChI=1S/C21H21FN4O4/c1-25(21(27)14-30-19-10-8-18(9-11-19)26(28)29)12-2-3-17-13-20(24-23-17)15-4-6-16(22)7-5-15/h4-11,13H,2-3,12,14H2,1H3,(H,23,24). The first kappa shape index (κ1) is 21.0. The Morgan fingerprint density at radius 2 is 1.90 bits per heavy atom. The van der Waals surface area contributed by atoms with Gasteiger partial charge in [-0.25, -0.2) is 4.39 Å². The highest BCUT2D eigenvalue weighted by atomic mass is 19.1. The second kappa shape index (κ2) is 9.64. The van der Waals surface area contributed by atoms with Gasteiger partial charge >= 0.3 is 0 Å². The summed E-state index contributed by atoms with van der Waals surface area (Å²) >= 11 is 0. The van der Waals surface area contributed by atoms with Crippen molar-refractivity contribution in [2.75, 3.05) is 20.2 Å². The lowest BCUT2D eigenvalue weighted by atomic mass is 10.1. The number of nitro groups is 1. The fourth-order valence-electron chi connectivity index (χ4n) is 2.81. The summed E-state index contributed by atoms with van der Waals surface area (Å²) in [4.78, 5) is 23.9. The maximum atomic E-state index is 13.0. The third-order valence-electron chi connectivity index (χ3n) is 4.55. The molecule has 0 radical (unpaired) electrons. The van der Waals surface area contributed by atoms with Crippen LogP contribution < -0.4 is 4.74 Å². The molecule has 0 saturated carbocycles. The van der Waals surface area contributed by atoms with E-state index in [-0.39, 0.29) is 24.0 Å². The molecule has 0 aliphatic heterocycles. The zero-order valence-electron chi connectivity index (χ0n) is 16.4. The predicted molar refractivity (Wildman–Crippen MR) is 109 cm³/mol. The van der Waals surface area contributed by atoms with Gasteiger partial charge in [0, 0.05) is 37.0 Å². The molecule has 0 saturated heterocycles. The maximum Gasteiger partial charge on any atom is 0.269 e. The number of hydrogen-bond donors (Lipinski definition) is 1. The van der Waals surface area contributed by atoms with Crippen LogP contribution in [0.5, 0.6) is 5.75 Å². The molecule has 156 valence electrons. The van der Waals surface area contributed by atoms with Crippen LogP contribution >= 0.6 is 0 Å². The number of likely N-dealkylation sites (N-methyl/N-ethyl adjacent to an activating group) is 1. The summed E-state index contributed by atoms with van der Waals surface area (Å²) in [6.07, 6.45) is 1.43. The van der Waals surface area contributed by atoms with Crippen LogP contribution in [0, 0.1) is 15.9 Å². The third-order valence-corrected chi connectivity index (χ3v) is 4.55. The van der Waals surface area contributed by atoms with E-state index < -0.39 is 4.92 Å². The van der Waals surface area contributed by atoms with Crippen LogP contribution in [0.3, 0.4) is 0 Å². The number of carbonyl (C=O) groups excluding carboxylic acids is 1. The van der Waals surface area contributed by atoms with Crippen LogP contribution in [-0.2, 0) is 11.2 Å². The lowest BCUT2D eigenvalue weighted by molar-refractivity contribution is -0.384. The number of aryl methyl sites for hydroxylation is 1. The number of nitrogens with one attached hydrogen (secondary N) is 1. The Balaban J connectivity index is 1.41. The Morgan fingerprint density at radius 1 is 1.20 bits per heavy atom. The van der Waals surface area contributed by atoms with Crippen LogP contribution in [0.4, 0.5) is 10.1 Å². The molecule has 0 fully saturated rings. The van der Waals surface area contributed by atoms with Crippen molar-refractivity contribution in [3.63, 3.8) is 0 Å². The van der Waals surface area contributed by atoms with Crippen molar-refractivity contribution in [2.45, 2.75) is 12.8 Å². The van der Waals surface area contributed by atoms with E-state index in [4.69, 9.17) is 4.74 Å². The van der Waals surface area contributed by atoms with E-state index in [0.717, 1.165) is 23.4 Å². The molecule has 2 aromatic carbocycles. The number of hydrogen-bond acceptors (Lipinski definition) is 5. The first-order valence-electron chi connectivity index (χ1n) is 9.34. The van der Waals surface area contributed by atoms with Crippen molar-refractivity contribution in [1.29, 1.82) is 0 Å². The van der Waals surface area contributed by atoms with Gasteiger partial charge in [-0.05, 0) is 55.3 Å². The molecule has 8 nitrogen and oxygen atoms in total. The molecule has 3 aromatic rings. The zero-order valence-corrected chi connectivity index (χ0v) is 16.4. The zero-order chi connectivity index (χ0) is 21.5. The molecule has 1 N–H and O–H groups in total. The fourth-order valence-corrected chi connectivity index (χ4v) is 2.81. The summed E-state index contributed by atoms with van der Waals surface area (Å²) in [6, 6.07) is 13.6. The summed E-state index contributed by atoms with van der Waals surface area (Å²) in [7, 11) is 1.69. The number of carbonyl (C=O) groups is 1. The SMILES string of the molecule is CN(CCCc1cc(-c2ccc(F)cc2)n[nH]1)C(=O)COc1ccc([N+](=O)[O-])cc1. The van der Waals surface area contributed by atoms with Crippen molar-refractivity contribution in [3.05, 3.63) is 76.2 Å². The van der Waals surface area contributed by atoms with Gasteiger partial charge in [-0.1, -0.05) is 0 Å². The number of halogens is 1. The molecule has 1 heterocycles. The molecule has 0 unspecified atom stereocenters. The Bertz CT molecular complexity index is 1000. The summed E-state index contributed by atoms with van der Waals surface area (Å²) < 4.78 is 18.4. The van der Waals surface area contributed by atoms with Gasteiger partial charge in [-0.2, -0.15) is 5.10 Å². The van der Waals surface area contributed by atoms with Gasteiger partial charge in [0.25, 0.3) is 11.6 Å². The number of non-ortho nitro benzene ring substituents is 1. The van der Waals surface area contributed by atoms with E-state index in [9.17, 15) is 19.3 Å². The van der Waals surface area contributed by atoms with Crippen LogP contribution in [-0.4, -0.2) is 46.1 Å². The van der Waals surface area contributed by atoms with Crippen LogP contribution in [0.2, 0.25) is 0 Å². The number of aromatic amines is 1. The van der Waals surface area contributed by atoms with Crippen molar-refractivity contribution in [3.8, 4) is 17.0 Å². The van der Waals surface area contributed by atoms with Crippen molar-refractivity contribution < 1.29 is 18.8 Å². The molecule has 9 heteroatoms. The molecule has 1 amide bonds. The summed E-state index contributed by atoms with van der Waals surface area (Å²) in [5.41, 5.74) is 2.46. The van der Waals surface area contributed by atoms with Gasteiger partial charge in [-0.3, -0.25) is 20.0 Å². The molecule has 0 spiro atoms. The first-order valence-corrected chi connectivity index (χ1v) is 9.34. The van der Waals surface area contributed by atoms with E-state index in [0.29, 0.717) is 18.7 Å². The Labute approximate surface area is 172 Å². The molecular formula is C21H21FN4O4. The number of nitrogens with zero attached hydrogens (tertiary/aromatic N) is 3. The van der Waals surface area contributed by atoms with E-state index in [1.165, 1.54) is 36.4 Å². The van der Waals surface area contributed by atoms with Crippen molar-refractivity contribution in [2.24, 2.45) is 0 Å². The summed E-state index contributed by atoms with van der Waals surface area (Å²) in [5.74, 6) is -0.0853.